The van der Waals surface area contributed by atoms with Crippen LogP contribution in [-0.2, 0) is 0 Å². The van der Waals surface area contributed by atoms with E-state index in [9.17, 15) is 8.78 Å². The maximum absolute atomic E-state index is 12.4. The van der Waals surface area contributed by atoms with E-state index >= 15 is 0 Å². The van der Waals surface area contributed by atoms with Gasteiger partial charge < -0.3 is 4.74 Å². The van der Waals surface area contributed by atoms with Gasteiger partial charge in [-0.2, -0.15) is 8.78 Å². The van der Waals surface area contributed by atoms with Crippen molar-refractivity contribution < 1.29 is 13.5 Å². The molecule has 0 bridgehead atoms. The lowest BCUT2D eigenvalue weighted by Crippen LogP contribution is -2.49. The molecule has 2 aliphatic rings. The molecule has 204 valence electrons. The molecule has 0 radical (unpaired) electrons. The highest BCUT2D eigenvalue weighted by Gasteiger charge is 2.30. The van der Waals surface area contributed by atoms with Gasteiger partial charge in [0.1, 0.15) is 5.75 Å². The second-order valence-electron chi connectivity index (χ2n) is 10.4. The van der Waals surface area contributed by atoms with Gasteiger partial charge in [-0.3, -0.25) is 0 Å². The molecule has 39 heavy (non-hydrogen) atoms. The van der Waals surface area contributed by atoms with Crippen LogP contribution in [0.15, 0.2) is 59.3 Å². The van der Waals surface area contributed by atoms with Gasteiger partial charge in [0.25, 0.3) is 0 Å². The molecule has 2 saturated heterocycles. The van der Waals surface area contributed by atoms with Crippen molar-refractivity contribution in [2.75, 3.05) is 26.2 Å². The first kappa shape index (κ1) is 26.5. The highest BCUT2D eigenvalue weighted by molar-refractivity contribution is 7.10. The second-order valence-corrected chi connectivity index (χ2v) is 12.1. The van der Waals surface area contributed by atoms with Gasteiger partial charge in [0.2, 0.25) is 0 Å². The minimum Gasteiger partial charge on any atom is -0.435 e. The fourth-order valence-electron chi connectivity index (χ4n) is 5.54. The molecule has 4 aromatic rings. The molecule has 0 amide bonds. The first-order valence-corrected chi connectivity index (χ1v) is 15.3. The molecule has 2 aromatic heterocycles. The van der Waals surface area contributed by atoms with Crippen molar-refractivity contribution in [3.05, 3.63) is 74.9 Å². The number of rotatable bonds is 7. The maximum atomic E-state index is 12.4. The van der Waals surface area contributed by atoms with Crippen molar-refractivity contribution >= 4 is 22.7 Å². The predicted octanol–water partition coefficient (Wildman–Crippen LogP) is 7.82. The van der Waals surface area contributed by atoms with Crippen LogP contribution in [0.25, 0.3) is 22.5 Å². The number of ether oxygens (including phenoxy) is 1. The van der Waals surface area contributed by atoms with E-state index in [0.717, 1.165) is 68.8 Å². The lowest BCUT2D eigenvalue weighted by molar-refractivity contribution is -0.0585. The largest absolute Gasteiger partial charge is 0.435 e. The van der Waals surface area contributed by atoms with Gasteiger partial charge in [-0.05, 0) is 56.9 Å². The van der Waals surface area contributed by atoms with E-state index < -0.39 is 6.61 Å². The van der Waals surface area contributed by atoms with Gasteiger partial charge >= 0.3 is 6.61 Å². The zero-order valence-electron chi connectivity index (χ0n) is 21.9. The molecule has 0 unspecified atom stereocenters. The zero-order chi connectivity index (χ0) is 26.8. The first-order chi connectivity index (χ1) is 19.0. The number of thiazole rings is 2. The number of alkyl halides is 2. The lowest BCUT2D eigenvalue weighted by Gasteiger charge is -2.42. The summed E-state index contributed by atoms with van der Waals surface area (Å²) in [6.45, 7) is 3.58. The Labute approximate surface area is 236 Å². The zero-order valence-corrected chi connectivity index (χ0v) is 23.6. The lowest BCUT2D eigenvalue weighted by atomic mass is 9.96. The van der Waals surface area contributed by atoms with Crippen LogP contribution in [0.3, 0.4) is 0 Å². The summed E-state index contributed by atoms with van der Waals surface area (Å²) in [5.41, 5.74) is 5.40. The number of hydrogen-bond donors (Lipinski definition) is 0. The number of aromatic nitrogens is 2. The summed E-state index contributed by atoms with van der Waals surface area (Å²) in [6.07, 6.45) is 4.50. The number of aryl methyl sites for hydroxylation is 1. The average molecular weight is 567 g/mol. The Hall–Kier alpha value is -2.72. The monoisotopic (exact) mass is 566 g/mol. The summed E-state index contributed by atoms with van der Waals surface area (Å²) in [7, 11) is 0. The van der Waals surface area contributed by atoms with Crippen LogP contribution in [0, 0.1) is 6.92 Å². The fourth-order valence-corrected chi connectivity index (χ4v) is 7.54. The number of halogens is 2. The summed E-state index contributed by atoms with van der Waals surface area (Å²) in [5.74, 6) is 1.18. The van der Waals surface area contributed by atoms with Crippen molar-refractivity contribution in [1.82, 2.24) is 20.0 Å². The third-order valence-corrected chi connectivity index (χ3v) is 9.82. The number of nitrogens with zero attached hydrogens (tertiary/aromatic N) is 4. The Kier molecular flexibility index (Phi) is 8.02. The standard InChI is InChI=1S/C30H32F2N4OS2/c1-20-2-4-21(5-3-20)26-18-38-28(33-26)23-10-14-35(15-11-23)36-16-12-24(13-17-36)29-34-27(19-39-29)22-6-8-25(9-7-22)37-30(31)32/h2-9,18-19,23-24,30H,10-17H2,1H3. The van der Waals surface area contributed by atoms with Gasteiger partial charge in [-0.15, -0.1) is 22.7 Å². The van der Waals surface area contributed by atoms with Crippen LogP contribution in [0.1, 0.15) is 53.1 Å². The molecule has 0 spiro atoms. The van der Waals surface area contributed by atoms with E-state index in [2.05, 4.69) is 56.7 Å². The first-order valence-electron chi connectivity index (χ1n) is 13.5. The Morgan fingerprint density at radius 1 is 0.718 bits per heavy atom. The van der Waals surface area contributed by atoms with E-state index in [-0.39, 0.29) is 5.75 Å². The van der Waals surface area contributed by atoms with Crippen molar-refractivity contribution in [2.24, 2.45) is 0 Å². The van der Waals surface area contributed by atoms with Crippen molar-refractivity contribution in [1.29, 1.82) is 0 Å². The van der Waals surface area contributed by atoms with E-state index in [4.69, 9.17) is 9.97 Å². The third-order valence-electron chi connectivity index (χ3n) is 7.81. The molecule has 2 aromatic carbocycles. The van der Waals surface area contributed by atoms with Gasteiger partial charge in [0.05, 0.1) is 21.4 Å². The molecular weight excluding hydrogens is 534 g/mol. The Morgan fingerprint density at radius 2 is 1.15 bits per heavy atom. The highest BCUT2D eigenvalue weighted by atomic mass is 32.1. The summed E-state index contributed by atoms with van der Waals surface area (Å²) in [5, 5.41) is 11.8. The third kappa shape index (κ3) is 6.22. The minimum atomic E-state index is -2.81. The van der Waals surface area contributed by atoms with E-state index in [1.165, 1.54) is 21.1 Å². The van der Waals surface area contributed by atoms with Crippen molar-refractivity contribution in [3.8, 4) is 28.3 Å². The Morgan fingerprint density at radius 3 is 1.59 bits per heavy atom. The van der Waals surface area contributed by atoms with E-state index in [1.54, 1.807) is 35.6 Å². The molecule has 9 heteroatoms. The second kappa shape index (κ2) is 11.8. The molecule has 2 aliphatic heterocycles. The minimum absolute atomic E-state index is 0.166. The quantitative estimate of drug-likeness (QED) is 0.228. The summed E-state index contributed by atoms with van der Waals surface area (Å²) in [6, 6.07) is 15.4. The Bertz CT molecular complexity index is 1360. The fraction of sp³-hybridized carbons (Fsp3) is 0.400. The summed E-state index contributed by atoms with van der Waals surface area (Å²) < 4.78 is 29.3. The smallest absolute Gasteiger partial charge is 0.387 e. The predicted molar refractivity (Wildman–Crippen MR) is 154 cm³/mol. The molecule has 0 N–H and O–H groups in total. The maximum Gasteiger partial charge on any atom is 0.387 e. The SMILES string of the molecule is Cc1ccc(-c2csc(C3CCN(N4CCC(c5nc(-c6ccc(OC(F)F)cc6)cs5)CC4)CC3)n2)cc1. The van der Waals surface area contributed by atoms with Crippen molar-refractivity contribution in [3.63, 3.8) is 0 Å². The van der Waals surface area contributed by atoms with Crippen LogP contribution in [0.2, 0.25) is 0 Å². The van der Waals surface area contributed by atoms with Crippen LogP contribution in [-0.4, -0.2) is 52.8 Å². The van der Waals surface area contributed by atoms with Gasteiger partial charge in [-0.25, -0.2) is 20.0 Å². The van der Waals surface area contributed by atoms with Crippen molar-refractivity contribution in [2.45, 2.75) is 51.1 Å². The Balaban J connectivity index is 0.991. The van der Waals surface area contributed by atoms with Crippen LogP contribution < -0.4 is 4.74 Å². The molecule has 6 rings (SSSR count). The molecular formula is C30H32F2N4OS2. The van der Waals surface area contributed by atoms with E-state index in [1.807, 2.05) is 11.3 Å². The van der Waals surface area contributed by atoms with E-state index in [0.29, 0.717) is 11.8 Å². The number of benzene rings is 2. The number of piperidine rings is 2. The van der Waals surface area contributed by atoms with Crippen LogP contribution in [0.5, 0.6) is 5.75 Å². The molecule has 2 fully saturated rings. The van der Waals surface area contributed by atoms with Gasteiger partial charge in [0.15, 0.2) is 0 Å². The molecule has 5 nitrogen and oxygen atoms in total. The number of hydrazine groups is 1. The molecule has 0 atom stereocenters. The topological polar surface area (TPSA) is 41.5 Å². The van der Waals surface area contributed by atoms with Crippen LogP contribution in [0.4, 0.5) is 8.78 Å². The summed E-state index contributed by atoms with van der Waals surface area (Å²) in [4.78, 5) is 9.89. The molecule has 4 heterocycles. The van der Waals surface area contributed by atoms with Crippen LogP contribution >= 0.6 is 22.7 Å². The normalized spacial score (nSPS) is 18.2. The molecule has 0 aliphatic carbocycles. The van der Waals surface area contributed by atoms with Gasteiger partial charge in [0, 0.05) is 59.9 Å². The molecule has 0 saturated carbocycles. The summed E-state index contributed by atoms with van der Waals surface area (Å²) >= 11 is 3.51. The highest BCUT2D eigenvalue weighted by Crippen LogP contribution is 2.36. The van der Waals surface area contributed by atoms with Gasteiger partial charge in [-0.1, -0.05) is 29.8 Å². The number of hydrogen-bond acceptors (Lipinski definition) is 7. The average Bonchev–Trinajstić information content (AvgIpc) is 3.65.